The van der Waals surface area contributed by atoms with Gasteiger partial charge >= 0.3 is 0 Å². The van der Waals surface area contributed by atoms with Gasteiger partial charge in [0, 0.05) is 5.56 Å². The lowest BCUT2D eigenvalue weighted by Crippen LogP contribution is -1.96. The average Bonchev–Trinajstić information content (AvgIpc) is 2.19. The van der Waals surface area contributed by atoms with Crippen molar-refractivity contribution >= 4 is 12.0 Å². The number of ether oxygens (including phenoxy) is 1. The Hall–Kier alpha value is -1.93. The summed E-state index contributed by atoms with van der Waals surface area (Å²) in [5, 5.41) is 0. The lowest BCUT2D eigenvalue weighted by Gasteiger charge is -2.04. The molecule has 0 radical (unpaired) electrons. The van der Waals surface area contributed by atoms with Crippen LogP contribution in [-0.4, -0.2) is 19.1 Å². The number of amides is 1. The van der Waals surface area contributed by atoms with Gasteiger partial charge in [0.05, 0.1) is 7.11 Å². The molecule has 0 atom stereocenters. The molecule has 0 spiro atoms. The van der Waals surface area contributed by atoms with Crippen LogP contribution in [0.4, 0.5) is 0 Å². The Bertz CT molecular complexity index is 406. The first-order valence-electron chi connectivity index (χ1n) is 3.96. The molecule has 1 amide bonds. The van der Waals surface area contributed by atoms with Crippen LogP contribution < -0.4 is 4.74 Å². The fourth-order valence-electron chi connectivity index (χ4n) is 1.06. The zero-order chi connectivity index (χ0) is 10.6. The van der Waals surface area contributed by atoms with Crippen molar-refractivity contribution in [1.29, 1.82) is 0 Å². The zero-order valence-corrected chi connectivity index (χ0v) is 7.90. The Labute approximate surface area is 81.2 Å². The largest absolute Gasteiger partial charge is 0.496 e. The van der Waals surface area contributed by atoms with Gasteiger partial charge in [0.1, 0.15) is 5.75 Å². The van der Waals surface area contributed by atoms with Gasteiger partial charge in [-0.1, -0.05) is 6.07 Å². The third-order valence-electron chi connectivity index (χ3n) is 1.80. The Morgan fingerprint density at radius 2 is 2.21 bits per heavy atom. The number of hydrogen-bond acceptors (Lipinski definition) is 3. The van der Waals surface area contributed by atoms with Gasteiger partial charge in [-0.15, -0.1) is 4.99 Å². The smallest absolute Gasteiger partial charge is 0.287 e. The molecular formula is C10H9NO3. The Morgan fingerprint density at radius 3 is 2.79 bits per heavy atom. The highest BCUT2D eigenvalue weighted by molar-refractivity contribution is 5.97. The Kier molecular flexibility index (Phi) is 3.15. The van der Waals surface area contributed by atoms with Crippen molar-refractivity contribution in [3.8, 4) is 5.75 Å². The minimum absolute atomic E-state index is 0.316. The third-order valence-corrected chi connectivity index (χ3v) is 1.80. The Balaban J connectivity index is 3.12. The molecule has 4 nitrogen and oxygen atoms in total. The molecule has 0 aromatic heterocycles. The van der Waals surface area contributed by atoms with Crippen molar-refractivity contribution in [3.05, 3.63) is 29.3 Å². The molecule has 0 bridgehead atoms. The van der Waals surface area contributed by atoms with E-state index in [1.807, 2.05) is 6.92 Å². The standard InChI is InChI=1S/C10H9NO3/c1-7-3-4-8(5-9(7)14-2)10(13)11-6-12/h3-5H,1-2H3. The minimum Gasteiger partial charge on any atom is -0.496 e. The van der Waals surface area contributed by atoms with Gasteiger partial charge in [0.2, 0.25) is 6.08 Å². The number of carbonyl (C=O) groups excluding carboxylic acids is 2. The van der Waals surface area contributed by atoms with E-state index in [4.69, 9.17) is 4.74 Å². The van der Waals surface area contributed by atoms with Gasteiger partial charge in [-0.2, -0.15) is 0 Å². The molecule has 4 heteroatoms. The van der Waals surface area contributed by atoms with Crippen molar-refractivity contribution in [2.45, 2.75) is 6.92 Å². The molecule has 1 rings (SSSR count). The summed E-state index contributed by atoms with van der Waals surface area (Å²) in [5.41, 5.74) is 1.23. The maximum absolute atomic E-state index is 11.1. The number of isocyanates is 1. The fraction of sp³-hybridized carbons (Fsp3) is 0.200. The molecule has 0 heterocycles. The average molecular weight is 191 g/mol. The van der Waals surface area contributed by atoms with E-state index in [1.54, 1.807) is 18.2 Å². The predicted molar refractivity (Wildman–Crippen MR) is 50.2 cm³/mol. The summed E-state index contributed by atoms with van der Waals surface area (Å²) >= 11 is 0. The normalized spacial score (nSPS) is 9.00. The van der Waals surface area contributed by atoms with E-state index >= 15 is 0 Å². The number of methoxy groups -OCH3 is 1. The van der Waals surface area contributed by atoms with E-state index < -0.39 is 5.91 Å². The van der Waals surface area contributed by atoms with E-state index in [-0.39, 0.29) is 0 Å². The molecule has 0 N–H and O–H groups in total. The highest BCUT2D eigenvalue weighted by Crippen LogP contribution is 2.19. The van der Waals surface area contributed by atoms with E-state index in [2.05, 4.69) is 4.99 Å². The molecule has 0 saturated heterocycles. The van der Waals surface area contributed by atoms with Crippen LogP contribution in [0.1, 0.15) is 15.9 Å². The first-order chi connectivity index (χ1) is 6.69. The number of benzene rings is 1. The molecule has 1 aromatic rings. The quantitative estimate of drug-likeness (QED) is 0.525. The second kappa shape index (κ2) is 4.35. The molecule has 14 heavy (non-hydrogen) atoms. The lowest BCUT2D eigenvalue weighted by atomic mass is 10.1. The number of hydrogen-bond donors (Lipinski definition) is 0. The van der Waals surface area contributed by atoms with E-state index in [0.29, 0.717) is 11.3 Å². The second-order valence-corrected chi connectivity index (χ2v) is 2.69. The number of rotatable bonds is 2. The topological polar surface area (TPSA) is 55.7 Å². The van der Waals surface area contributed by atoms with Crippen molar-refractivity contribution in [2.24, 2.45) is 4.99 Å². The van der Waals surface area contributed by atoms with Crippen LogP contribution in [-0.2, 0) is 4.79 Å². The van der Waals surface area contributed by atoms with Crippen LogP contribution in [0.3, 0.4) is 0 Å². The van der Waals surface area contributed by atoms with Crippen molar-refractivity contribution in [2.75, 3.05) is 7.11 Å². The molecular weight excluding hydrogens is 182 g/mol. The molecule has 0 aliphatic carbocycles. The number of carbonyl (C=O) groups is 1. The Morgan fingerprint density at radius 1 is 1.50 bits per heavy atom. The minimum atomic E-state index is -0.613. The summed E-state index contributed by atoms with van der Waals surface area (Å²) in [6, 6.07) is 4.85. The highest BCUT2D eigenvalue weighted by atomic mass is 16.5. The molecule has 0 fully saturated rings. The molecule has 1 aromatic carbocycles. The van der Waals surface area contributed by atoms with E-state index in [1.165, 1.54) is 13.2 Å². The van der Waals surface area contributed by atoms with E-state index in [0.717, 1.165) is 5.56 Å². The van der Waals surface area contributed by atoms with Gasteiger partial charge < -0.3 is 4.74 Å². The van der Waals surface area contributed by atoms with E-state index in [9.17, 15) is 9.59 Å². The van der Waals surface area contributed by atoms with Crippen LogP contribution in [0.15, 0.2) is 23.2 Å². The fourth-order valence-corrected chi connectivity index (χ4v) is 1.06. The third kappa shape index (κ3) is 2.06. The maximum Gasteiger partial charge on any atom is 0.287 e. The van der Waals surface area contributed by atoms with Crippen LogP contribution in [0, 0.1) is 6.92 Å². The summed E-state index contributed by atoms with van der Waals surface area (Å²) < 4.78 is 5.02. The molecule has 0 aliphatic rings. The van der Waals surface area contributed by atoms with Gasteiger partial charge in [-0.25, -0.2) is 4.79 Å². The summed E-state index contributed by atoms with van der Waals surface area (Å²) in [4.78, 5) is 24.0. The lowest BCUT2D eigenvalue weighted by molar-refractivity contribution is 0.100. The number of aliphatic imine (C=N–C) groups is 1. The van der Waals surface area contributed by atoms with Gasteiger partial charge in [0.15, 0.2) is 0 Å². The number of nitrogens with zero attached hydrogens (tertiary/aromatic N) is 1. The zero-order valence-electron chi connectivity index (χ0n) is 7.90. The van der Waals surface area contributed by atoms with Gasteiger partial charge in [-0.05, 0) is 24.6 Å². The predicted octanol–water partition coefficient (Wildman–Crippen LogP) is 1.48. The van der Waals surface area contributed by atoms with Crippen LogP contribution in [0.5, 0.6) is 5.75 Å². The van der Waals surface area contributed by atoms with Crippen molar-refractivity contribution in [1.82, 2.24) is 0 Å². The SMILES string of the molecule is COc1cc(C(=O)N=C=O)ccc1C. The maximum atomic E-state index is 11.1. The molecule has 0 unspecified atom stereocenters. The first-order valence-corrected chi connectivity index (χ1v) is 3.96. The van der Waals surface area contributed by atoms with Crippen LogP contribution >= 0.6 is 0 Å². The van der Waals surface area contributed by atoms with Crippen LogP contribution in [0.2, 0.25) is 0 Å². The monoisotopic (exact) mass is 191 g/mol. The molecule has 72 valence electrons. The summed E-state index contributed by atoms with van der Waals surface area (Å²) in [6.07, 6.45) is 1.20. The first kappa shape index (κ1) is 10.2. The summed E-state index contributed by atoms with van der Waals surface area (Å²) in [5.74, 6) is -0.0183. The van der Waals surface area contributed by atoms with Gasteiger partial charge in [0.25, 0.3) is 5.91 Å². The highest BCUT2D eigenvalue weighted by Gasteiger charge is 2.06. The van der Waals surface area contributed by atoms with Gasteiger partial charge in [-0.3, -0.25) is 4.79 Å². The number of aryl methyl sites for hydroxylation is 1. The molecule has 0 aliphatic heterocycles. The summed E-state index contributed by atoms with van der Waals surface area (Å²) in [7, 11) is 1.51. The van der Waals surface area contributed by atoms with Crippen molar-refractivity contribution in [3.63, 3.8) is 0 Å². The summed E-state index contributed by atoms with van der Waals surface area (Å²) in [6.45, 7) is 1.86. The second-order valence-electron chi connectivity index (χ2n) is 2.69. The van der Waals surface area contributed by atoms with Crippen LogP contribution in [0.25, 0.3) is 0 Å². The van der Waals surface area contributed by atoms with Crippen molar-refractivity contribution < 1.29 is 14.3 Å². The molecule has 0 saturated carbocycles.